The first-order chi connectivity index (χ1) is 54.9. The smallest absolute Gasteiger partial charge is 0.423 e. The quantitative estimate of drug-likeness (QED) is 0.0108. The van der Waals surface area contributed by atoms with E-state index in [1.54, 1.807) is 12.1 Å². The van der Waals surface area contributed by atoms with Gasteiger partial charge in [-0.15, -0.1) is 0 Å². The zero-order valence-electron chi connectivity index (χ0n) is 64.2. The van der Waals surface area contributed by atoms with E-state index >= 15 is 0 Å². The zero-order chi connectivity index (χ0) is 77.0. The maximum Gasteiger partial charge on any atom is 0.494 e. The van der Waals surface area contributed by atoms with Crippen LogP contribution in [0.1, 0.15) is 104 Å². The first-order valence-corrected chi connectivity index (χ1v) is 40.7. The Bertz CT molecular complexity index is 5130. The lowest BCUT2D eigenvalue weighted by atomic mass is 9.74. The number of unbranched alkanes of at least 4 members (excludes halogenated alkanes) is 6. The fraction of sp³-hybridized carbons (Fsp3) is 0.255. The number of rotatable bonds is 30. The number of fused-ring (bicyclic) bond motifs is 8. The highest BCUT2D eigenvalue weighted by Crippen LogP contribution is 2.33. The molecule has 566 valence electrons. The normalized spacial score (nSPS) is 12.9. The van der Waals surface area contributed by atoms with Gasteiger partial charge in [0.05, 0.1) is 44.1 Å². The molecule has 1 saturated heterocycles. The Kier molecular flexibility index (Phi) is 27.3. The highest BCUT2D eigenvalue weighted by molar-refractivity contribution is 9.08. The van der Waals surface area contributed by atoms with E-state index in [4.69, 9.17) is 29.2 Å². The topological polar surface area (TPSA) is 181 Å². The molecule has 0 amide bonds. The number of pyridine rings is 4. The highest BCUT2D eigenvalue weighted by atomic mass is 79.9. The molecule has 1 fully saturated rings. The van der Waals surface area contributed by atoms with E-state index in [1.165, 1.54) is 75.0 Å². The molecule has 0 radical (unpaired) electrons. The second kappa shape index (κ2) is 38.7. The van der Waals surface area contributed by atoms with Crippen molar-refractivity contribution in [2.45, 2.75) is 110 Å². The van der Waals surface area contributed by atoms with Gasteiger partial charge in [-0.1, -0.05) is 274 Å². The number of aromatic nitrogens is 4. The molecule has 5 heterocycles. The van der Waals surface area contributed by atoms with E-state index in [-0.39, 0.29) is 12.5 Å². The Morgan fingerprint density at radius 2 is 0.625 bits per heavy atom. The van der Waals surface area contributed by atoms with Crippen molar-refractivity contribution in [2.24, 2.45) is 5.41 Å². The lowest BCUT2D eigenvalue weighted by Gasteiger charge is -2.33. The van der Waals surface area contributed by atoms with E-state index in [0.717, 1.165) is 166 Å². The molecule has 0 spiro atoms. The van der Waals surface area contributed by atoms with Crippen LogP contribution >= 0.6 is 15.9 Å². The highest BCUT2D eigenvalue weighted by Gasteiger charge is 2.34. The van der Waals surface area contributed by atoms with Crippen molar-refractivity contribution in [3.8, 4) is 0 Å². The summed E-state index contributed by atoms with van der Waals surface area (Å²) in [5, 5.41) is 58.7. The van der Waals surface area contributed by atoms with E-state index < -0.39 is 14.2 Å². The minimum Gasteiger partial charge on any atom is -0.423 e. The van der Waals surface area contributed by atoms with E-state index in [0.29, 0.717) is 37.1 Å². The molecule has 14 nitrogen and oxygen atoms in total. The lowest BCUT2D eigenvalue weighted by Crippen LogP contribution is -2.48. The summed E-state index contributed by atoms with van der Waals surface area (Å²) in [6.45, 7) is 13.8. The van der Waals surface area contributed by atoms with Gasteiger partial charge in [-0.05, 0) is 156 Å². The predicted octanol–water partition coefficient (Wildman–Crippen LogP) is 16.6. The summed E-state index contributed by atoms with van der Waals surface area (Å²) >= 11 is 3.49. The number of hydrogen-bond donors (Lipinski definition) is 6. The molecular formula is C94H98B3BrN8O6. The van der Waals surface area contributed by atoms with Gasteiger partial charge in [0.25, 0.3) is 0 Å². The second-order valence-corrected chi connectivity index (χ2v) is 30.8. The van der Waals surface area contributed by atoms with Crippen molar-refractivity contribution in [3.05, 3.63) is 306 Å². The van der Waals surface area contributed by atoms with Gasteiger partial charge in [-0.3, -0.25) is 9.80 Å². The Morgan fingerprint density at radius 3 is 0.946 bits per heavy atom. The van der Waals surface area contributed by atoms with Crippen LogP contribution in [0.2, 0.25) is 0 Å². The molecule has 15 aromatic rings. The number of nitrogens with zero attached hydrogens (tertiary/aromatic N) is 6. The number of para-hydroxylation sites is 8. The zero-order valence-corrected chi connectivity index (χ0v) is 65.7. The summed E-state index contributed by atoms with van der Waals surface area (Å²) in [6.07, 6.45) is 8.88. The molecule has 6 N–H and O–H groups in total. The summed E-state index contributed by atoms with van der Waals surface area (Å²) in [6, 6.07) is 90.6. The molecule has 4 aromatic heterocycles. The van der Waals surface area contributed by atoms with Gasteiger partial charge in [0.1, 0.15) is 0 Å². The number of alkyl halides is 1. The molecule has 0 unspecified atom stereocenters. The summed E-state index contributed by atoms with van der Waals surface area (Å²) in [7, 11) is -3.29. The molecule has 1 aliphatic heterocycles. The molecule has 0 saturated carbocycles. The lowest BCUT2D eigenvalue weighted by molar-refractivity contribution is 0.0342. The number of halogens is 1. The van der Waals surface area contributed by atoms with E-state index in [9.17, 15) is 20.1 Å². The molecule has 18 heteroatoms. The largest absolute Gasteiger partial charge is 0.494 e. The molecule has 11 aromatic carbocycles. The Hall–Kier alpha value is -9.63. The van der Waals surface area contributed by atoms with Crippen LogP contribution in [0.15, 0.2) is 267 Å². The fourth-order valence-corrected chi connectivity index (χ4v) is 16.2. The van der Waals surface area contributed by atoms with Crippen LogP contribution in [0, 0.1) is 5.41 Å². The minimum absolute atomic E-state index is 0.125. The van der Waals surface area contributed by atoms with Crippen LogP contribution in [-0.2, 0) is 53.9 Å². The number of benzene rings is 11. The monoisotopic (exact) mass is 1550 g/mol. The Balaban J connectivity index is 0.000000163. The first kappa shape index (κ1) is 79.0. The molecular weight excluding hydrogens is 1450 g/mol. The third-order valence-corrected chi connectivity index (χ3v) is 22.1. The summed E-state index contributed by atoms with van der Waals surface area (Å²) in [5.74, 6) is 0. The van der Waals surface area contributed by atoms with Crippen LogP contribution in [-0.4, -0.2) is 111 Å². The van der Waals surface area contributed by atoms with Crippen molar-refractivity contribution < 1.29 is 29.4 Å². The average molecular weight is 1550 g/mol. The van der Waals surface area contributed by atoms with Crippen LogP contribution in [0.3, 0.4) is 0 Å². The van der Waals surface area contributed by atoms with Crippen LogP contribution in [0.25, 0.3) is 87.2 Å². The number of nitrogens with one attached hydrogen (secondary N) is 2. The van der Waals surface area contributed by atoms with Crippen molar-refractivity contribution in [2.75, 3.05) is 39.4 Å². The van der Waals surface area contributed by atoms with Gasteiger partial charge in [-0.25, -0.2) is 19.9 Å². The van der Waals surface area contributed by atoms with Crippen LogP contribution in [0.5, 0.6) is 0 Å². The van der Waals surface area contributed by atoms with Gasteiger partial charge in [0.15, 0.2) is 0 Å². The van der Waals surface area contributed by atoms with E-state index in [2.05, 4.69) is 232 Å². The van der Waals surface area contributed by atoms with Gasteiger partial charge in [-0.2, -0.15) is 0 Å². The second-order valence-electron chi connectivity index (χ2n) is 30.2. The predicted molar refractivity (Wildman–Crippen MR) is 468 cm³/mol. The molecule has 1 aliphatic rings. The maximum atomic E-state index is 10.2. The van der Waals surface area contributed by atoms with Crippen LogP contribution < -0.4 is 27.0 Å². The SMILES string of the molecule is CC1(C)COB(c2ccccc2CBr)OC1.OB(O)c1ccccc1CN(CCCCCCN(Cc1ccccc1B(O)O)Cc1c2ccccc2nc2ccccc12)Cc1c2ccccc2nc2ccccc12.c1ccc2c(CNCCCCCCNCc3c4ccccc4nc4ccccc34)c3ccccc3nc2c1. The molecule has 0 bridgehead atoms. The van der Waals surface area contributed by atoms with Gasteiger partial charge in [0.2, 0.25) is 0 Å². The average Bonchev–Trinajstić information content (AvgIpc) is 0.796. The Labute approximate surface area is 666 Å². The molecule has 0 atom stereocenters. The fourth-order valence-electron chi connectivity index (χ4n) is 15.7. The van der Waals surface area contributed by atoms with Crippen molar-refractivity contribution in [3.63, 3.8) is 0 Å². The van der Waals surface area contributed by atoms with Crippen molar-refractivity contribution in [1.82, 2.24) is 40.4 Å². The summed E-state index contributed by atoms with van der Waals surface area (Å²) < 4.78 is 11.6. The van der Waals surface area contributed by atoms with Gasteiger partial charge in [0, 0.05) is 106 Å². The van der Waals surface area contributed by atoms with Crippen LogP contribution in [0.4, 0.5) is 0 Å². The Morgan fingerprint density at radius 1 is 0.348 bits per heavy atom. The van der Waals surface area contributed by atoms with Gasteiger partial charge >= 0.3 is 21.4 Å². The minimum atomic E-state index is -1.54. The maximum absolute atomic E-state index is 10.2. The molecule has 112 heavy (non-hydrogen) atoms. The van der Waals surface area contributed by atoms with Crippen molar-refractivity contribution in [1.29, 1.82) is 0 Å². The summed E-state index contributed by atoms with van der Waals surface area (Å²) in [5.41, 5.74) is 18.7. The molecule has 0 aliphatic carbocycles. The van der Waals surface area contributed by atoms with E-state index in [1.807, 2.05) is 72.8 Å². The summed E-state index contributed by atoms with van der Waals surface area (Å²) in [4.78, 5) is 24.5. The number of hydrogen-bond acceptors (Lipinski definition) is 14. The first-order valence-electron chi connectivity index (χ1n) is 39.6. The standard InChI is InChI=1S/C48H48B2N4O4.C34H34N4.C12H16BBrO2/c55-49(56)43-23-9-3-17-35(43)31-53(33-41-37-19-5-11-25-45(37)51-46-26-12-6-20-38(41)46)29-15-1-2-16-30-54(32-36-18-4-10-24-44(36)50(57)58)34-42-39-21-7-13-27-47(39)52-48-28-14-8-22-40(42)48;1(11-21-35-23-29-25-13-3-7-17-31(25)37-32-18-8-4-14-26(29)32)2-12-22-36-24-30-27-15-5-9-19-33(27)38-34-20-10-6-16-28(30)34;1-12(2)8-15-13(16-9-12)11-6-4-3-5-10(11)7-14/h3-14,17-28,55-58H,1-2,15-16,29-34H2;3-10,13-20,35-36H,1-2,11-12,21-24H2;3-6H,7-9H2,1-2H3. The molecule has 16 rings (SSSR count). The van der Waals surface area contributed by atoms with Crippen molar-refractivity contribution >= 4 is 141 Å². The third kappa shape index (κ3) is 19.9. The van der Waals surface area contributed by atoms with Gasteiger partial charge < -0.3 is 40.0 Å². The third-order valence-electron chi connectivity index (χ3n) is 21.5.